The summed E-state index contributed by atoms with van der Waals surface area (Å²) in [5.41, 5.74) is 1.37. The molecule has 1 heterocycles. The summed E-state index contributed by atoms with van der Waals surface area (Å²) in [6, 6.07) is 16.6. The molecule has 0 fully saturated rings. The average Bonchev–Trinajstić information content (AvgIpc) is 2.94. The highest BCUT2D eigenvalue weighted by atomic mass is 32.2. The normalized spacial score (nSPS) is 18.6. The fourth-order valence-electron chi connectivity index (χ4n) is 3.96. The van der Waals surface area contributed by atoms with E-state index in [0.717, 1.165) is 21.8 Å². The second-order valence-electron chi connectivity index (χ2n) is 8.25. The number of ether oxygens (including phenoxy) is 2. The van der Waals surface area contributed by atoms with Crippen LogP contribution in [0, 0.1) is 0 Å². The first kappa shape index (κ1) is 25.8. The molecule has 0 spiro atoms. The second kappa shape index (κ2) is 12.0. The van der Waals surface area contributed by atoms with Crippen LogP contribution in [0.1, 0.15) is 38.3 Å². The number of anilines is 1. The number of esters is 1. The van der Waals surface area contributed by atoms with Gasteiger partial charge in [0.15, 0.2) is 0 Å². The number of amides is 2. The highest BCUT2D eigenvalue weighted by Gasteiger charge is 2.45. The Kier molecular flexibility index (Phi) is 9.12. The maximum atomic E-state index is 13.8. The Morgan fingerprint density at radius 2 is 1.74 bits per heavy atom. The lowest BCUT2D eigenvalue weighted by molar-refractivity contribution is -0.145. The number of imide groups is 1. The molecule has 0 saturated heterocycles. The lowest BCUT2D eigenvalue weighted by atomic mass is 9.92. The van der Waals surface area contributed by atoms with Crippen molar-refractivity contribution in [1.82, 2.24) is 5.32 Å². The number of para-hydroxylation sites is 1. The highest BCUT2D eigenvalue weighted by molar-refractivity contribution is 7.98. The molecule has 0 aromatic heterocycles. The van der Waals surface area contributed by atoms with Gasteiger partial charge in [-0.25, -0.2) is 9.69 Å². The van der Waals surface area contributed by atoms with Crippen molar-refractivity contribution in [2.75, 3.05) is 23.9 Å². The maximum Gasteiger partial charge on any atom is 0.421 e. The van der Waals surface area contributed by atoms with Gasteiger partial charge >= 0.3 is 12.1 Å². The first-order valence-electron chi connectivity index (χ1n) is 11.5. The van der Waals surface area contributed by atoms with Crippen LogP contribution in [0.3, 0.4) is 0 Å². The number of aryl methyl sites for hydroxylation is 1. The molecule has 2 amide bonds. The first-order chi connectivity index (χ1) is 16.4. The van der Waals surface area contributed by atoms with Crippen molar-refractivity contribution >= 4 is 35.4 Å². The first-order valence-corrected chi connectivity index (χ1v) is 12.7. The van der Waals surface area contributed by atoms with Gasteiger partial charge in [-0.1, -0.05) is 48.5 Å². The van der Waals surface area contributed by atoms with E-state index in [4.69, 9.17) is 9.47 Å². The van der Waals surface area contributed by atoms with E-state index in [0.29, 0.717) is 24.3 Å². The number of carbonyl (C=O) groups excluding carboxylic acids is 3. The fourth-order valence-corrected chi connectivity index (χ4v) is 4.96. The minimum atomic E-state index is -1.17. The molecular weight excluding hydrogens is 452 g/mol. The Balaban J connectivity index is 1.84. The molecule has 0 radical (unpaired) electrons. The number of benzene rings is 2. The Labute approximate surface area is 205 Å². The summed E-state index contributed by atoms with van der Waals surface area (Å²) in [6.07, 6.45) is 0.257. The predicted molar refractivity (Wildman–Crippen MR) is 134 cm³/mol. The van der Waals surface area contributed by atoms with E-state index in [1.54, 1.807) is 44.7 Å². The molecule has 0 bridgehead atoms. The van der Waals surface area contributed by atoms with E-state index in [9.17, 15) is 14.4 Å². The van der Waals surface area contributed by atoms with Crippen molar-refractivity contribution in [1.29, 1.82) is 0 Å². The Bertz CT molecular complexity index is 1000. The van der Waals surface area contributed by atoms with E-state index in [1.807, 2.05) is 42.5 Å². The van der Waals surface area contributed by atoms with Gasteiger partial charge < -0.3 is 9.47 Å². The summed E-state index contributed by atoms with van der Waals surface area (Å²) >= 11 is 1.59. The molecule has 2 aromatic rings. The van der Waals surface area contributed by atoms with E-state index in [-0.39, 0.29) is 13.2 Å². The third kappa shape index (κ3) is 6.18. The smallest absolute Gasteiger partial charge is 0.421 e. The van der Waals surface area contributed by atoms with Gasteiger partial charge in [0.1, 0.15) is 6.04 Å². The lowest BCUT2D eigenvalue weighted by Gasteiger charge is -2.34. The molecule has 3 rings (SSSR count). The van der Waals surface area contributed by atoms with Crippen LogP contribution in [0.5, 0.6) is 0 Å². The summed E-state index contributed by atoms with van der Waals surface area (Å²) in [5.74, 6) is 0.284. The summed E-state index contributed by atoms with van der Waals surface area (Å²) in [5, 5.41) is 3.26. The van der Waals surface area contributed by atoms with Gasteiger partial charge in [-0.2, -0.15) is 11.8 Å². The number of rotatable bonds is 9. The predicted octanol–water partition coefficient (Wildman–Crippen LogP) is 4.34. The van der Waals surface area contributed by atoms with E-state index in [2.05, 4.69) is 5.32 Å². The van der Waals surface area contributed by atoms with Gasteiger partial charge in [-0.15, -0.1) is 0 Å². The molecule has 1 unspecified atom stereocenters. The van der Waals surface area contributed by atoms with Crippen LogP contribution in [0.15, 0.2) is 54.6 Å². The number of carbonyl (C=O) groups is 3. The van der Waals surface area contributed by atoms with Crippen LogP contribution in [-0.2, 0) is 31.2 Å². The largest absolute Gasteiger partial charge is 0.465 e. The molecule has 1 aliphatic rings. The summed E-state index contributed by atoms with van der Waals surface area (Å²) in [6.45, 7) is 5.58. The molecule has 34 heavy (non-hydrogen) atoms. The van der Waals surface area contributed by atoms with E-state index < -0.39 is 29.6 Å². The van der Waals surface area contributed by atoms with Gasteiger partial charge in [-0.05, 0) is 50.8 Å². The van der Waals surface area contributed by atoms with Crippen LogP contribution < -0.4 is 10.2 Å². The number of nitrogens with zero attached hydrogens (tertiary/aromatic N) is 1. The van der Waals surface area contributed by atoms with Crippen molar-refractivity contribution in [3.63, 3.8) is 0 Å². The van der Waals surface area contributed by atoms with Crippen molar-refractivity contribution in [2.24, 2.45) is 0 Å². The van der Waals surface area contributed by atoms with Gasteiger partial charge in [0.05, 0.1) is 24.4 Å². The zero-order chi connectivity index (χ0) is 24.6. The third-order valence-electron chi connectivity index (χ3n) is 5.71. The quantitative estimate of drug-likeness (QED) is 0.530. The van der Waals surface area contributed by atoms with Crippen molar-refractivity contribution in [2.45, 2.75) is 50.9 Å². The van der Waals surface area contributed by atoms with Gasteiger partial charge in [-0.3, -0.25) is 14.9 Å². The highest BCUT2D eigenvalue weighted by Crippen LogP contribution is 2.32. The number of thioether (sulfide) groups is 1. The molecule has 2 aromatic carbocycles. The zero-order valence-electron chi connectivity index (χ0n) is 19.9. The lowest BCUT2D eigenvalue weighted by Crippen LogP contribution is -2.62. The summed E-state index contributed by atoms with van der Waals surface area (Å²) in [4.78, 5) is 40.5. The zero-order valence-corrected chi connectivity index (χ0v) is 20.7. The van der Waals surface area contributed by atoms with Gasteiger partial charge in [0.2, 0.25) is 0 Å². The molecule has 1 N–H and O–H groups in total. The standard InChI is InChI=1S/C26H32N2O5S/c1-4-32-23(29)21(18-34-17-19-11-7-6-8-12-19)27-26(3)16-15-20-13-9-10-14-22(20)28(24(26)30)25(31)33-5-2/h6-14,21,27H,4-5,15-18H2,1-3H3/t21-,26?/m0/s1. The number of fused-ring (bicyclic) bond motifs is 1. The van der Waals surface area contributed by atoms with E-state index in [1.165, 1.54) is 0 Å². The van der Waals surface area contributed by atoms with E-state index >= 15 is 0 Å². The Morgan fingerprint density at radius 1 is 1.06 bits per heavy atom. The maximum absolute atomic E-state index is 13.8. The van der Waals surface area contributed by atoms with Crippen molar-refractivity contribution in [3.05, 3.63) is 65.7 Å². The fraction of sp³-hybridized carbons (Fsp3) is 0.423. The monoisotopic (exact) mass is 484 g/mol. The molecule has 2 atom stereocenters. The van der Waals surface area contributed by atoms with Crippen molar-refractivity contribution < 1.29 is 23.9 Å². The van der Waals surface area contributed by atoms with Gasteiger partial charge in [0.25, 0.3) is 5.91 Å². The number of hydrogen-bond acceptors (Lipinski definition) is 7. The molecule has 0 saturated carbocycles. The van der Waals surface area contributed by atoms with Crippen LogP contribution >= 0.6 is 11.8 Å². The molecular formula is C26H32N2O5S. The van der Waals surface area contributed by atoms with Crippen LogP contribution in [0.25, 0.3) is 0 Å². The average molecular weight is 485 g/mol. The molecule has 0 aliphatic carbocycles. The second-order valence-corrected chi connectivity index (χ2v) is 9.28. The Morgan fingerprint density at radius 3 is 2.44 bits per heavy atom. The molecule has 7 nitrogen and oxygen atoms in total. The SMILES string of the molecule is CCOC(=O)[C@H](CSCc1ccccc1)NC1(C)CCc2ccccc2N(C(=O)OCC)C1=O. The Hall–Kier alpha value is -2.84. The minimum absolute atomic E-state index is 0.149. The minimum Gasteiger partial charge on any atom is -0.465 e. The van der Waals surface area contributed by atoms with Crippen molar-refractivity contribution in [3.8, 4) is 0 Å². The summed E-state index contributed by atoms with van der Waals surface area (Å²) in [7, 11) is 0. The third-order valence-corrected chi connectivity index (χ3v) is 6.82. The van der Waals surface area contributed by atoms with Crippen LogP contribution in [0.2, 0.25) is 0 Å². The van der Waals surface area contributed by atoms with Crippen LogP contribution in [-0.4, -0.2) is 48.5 Å². The number of nitrogens with one attached hydrogen (secondary N) is 1. The topological polar surface area (TPSA) is 84.9 Å². The van der Waals surface area contributed by atoms with Crippen LogP contribution in [0.4, 0.5) is 10.5 Å². The molecule has 1 aliphatic heterocycles. The summed E-state index contributed by atoms with van der Waals surface area (Å²) < 4.78 is 10.5. The van der Waals surface area contributed by atoms with Gasteiger partial charge in [0, 0.05) is 11.5 Å². The molecule has 8 heteroatoms. The molecule has 182 valence electrons. The number of hydrogen-bond donors (Lipinski definition) is 1.